The standard InChI is InChI=1S/C18H15NO2/c20-12-14-4-2-6-18-17(14)10-9-15(19-18)8-7-13-3-1-5-16(21)11-13/h1,3,5,9-12,14,21H,2,4,6H2. The summed E-state index contributed by atoms with van der Waals surface area (Å²) in [5.41, 5.74) is 3.48. The lowest BCUT2D eigenvalue weighted by Gasteiger charge is -2.20. The fourth-order valence-electron chi connectivity index (χ4n) is 2.63. The van der Waals surface area contributed by atoms with Crippen LogP contribution in [0.15, 0.2) is 36.4 Å². The number of hydrogen-bond donors (Lipinski definition) is 1. The van der Waals surface area contributed by atoms with Crippen LogP contribution in [0.2, 0.25) is 0 Å². The number of fused-ring (bicyclic) bond motifs is 1. The number of benzene rings is 1. The SMILES string of the molecule is O=CC1CCCc2nc(C#Cc3cccc(O)c3)ccc21. The molecule has 104 valence electrons. The summed E-state index contributed by atoms with van der Waals surface area (Å²) in [5, 5.41) is 9.41. The van der Waals surface area contributed by atoms with Gasteiger partial charge in [0.1, 0.15) is 17.7 Å². The van der Waals surface area contributed by atoms with Crippen molar-refractivity contribution in [3.63, 3.8) is 0 Å². The second-order valence-corrected chi connectivity index (χ2v) is 5.17. The van der Waals surface area contributed by atoms with Gasteiger partial charge in [-0.2, -0.15) is 0 Å². The number of rotatable bonds is 1. The monoisotopic (exact) mass is 277 g/mol. The molecule has 21 heavy (non-hydrogen) atoms. The molecule has 0 saturated carbocycles. The number of aromatic nitrogens is 1. The van der Waals surface area contributed by atoms with Gasteiger partial charge < -0.3 is 9.90 Å². The third kappa shape index (κ3) is 2.95. The summed E-state index contributed by atoms with van der Waals surface area (Å²) in [7, 11) is 0. The predicted octanol–water partition coefficient (Wildman–Crippen LogP) is 2.81. The van der Waals surface area contributed by atoms with E-state index in [0.29, 0.717) is 5.69 Å². The van der Waals surface area contributed by atoms with Crippen LogP contribution in [0.5, 0.6) is 5.75 Å². The van der Waals surface area contributed by atoms with Crippen LogP contribution in [-0.2, 0) is 11.2 Å². The number of phenols is 1. The highest BCUT2D eigenvalue weighted by molar-refractivity contribution is 5.63. The van der Waals surface area contributed by atoms with Crippen LogP contribution < -0.4 is 0 Å². The molecule has 1 unspecified atom stereocenters. The summed E-state index contributed by atoms with van der Waals surface area (Å²) in [6.45, 7) is 0. The molecule has 1 aliphatic rings. The predicted molar refractivity (Wildman–Crippen MR) is 80.1 cm³/mol. The molecule has 3 heteroatoms. The Hall–Kier alpha value is -2.60. The Balaban J connectivity index is 1.90. The Kier molecular flexibility index (Phi) is 3.70. The van der Waals surface area contributed by atoms with E-state index in [4.69, 9.17) is 0 Å². The smallest absolute Gasteiger partial charge is 0.127 e. The van der Waals surface area contributed by atoms with Crippen LogP contribution >= 0.6 is 0 Å². The summed E-state index contributed by atoms with van der Waals surface area (Å²) in [6, 6.07) is 10.7. The fourth-order valence-corrected chi connectivity index (χ4v) is 2.63. The Morgan fingerprint density at radius 3 is 2.95 bits per heavy atom. The summed E-state index contributed by atoms with van der Waals surface area (Å²) >= 11 is 0. The first-order chi connectivity index (χ1) is 10.3. The summed E-state index contributed by atoms with van der Waals surface area (Å²) < 4.78 is 0. The maximum absolute atomic E-state index is 11.1. The Labute approximate surface area is 123 Å². The number of pyridine rings is 1. The zero-order chi connectivity index (χ0) is 14.7. The minimum Gasteiger partial charge on any atom is -0.508 e. The third-order valence-electron chi connectivity index (χ3n) is 3.68. The molecule has 1 atom stereocenters. The Morgan fingerprint density at radius 2 is 2.14 bits per heavy atom. The number of phenolic OH excluding ortho intramolecular Hbond substituents is 1. The highest BCUT2D eigenvalue weighted by Gasteiger charge is 2.20. The molecule has 1 aliphatic carbocycles. The molecule has 3 nitrogen and oxygen atoms in total. The van der Waals surface area contributed by atoms with Crippen molar-refractivity contribution in [2.24, 2.45) is 0 Å². The average Bonchev–Trinajstić information content (AvgIpc) is 2.52. The van der Waals surface area contributed by atoms with E-state index in [1.54, 1.807) is 18.2 Å². The molecule has 1 N–H and O–H groups in total. The third-order valence-corrected chi connectivity index (χ3v) is 3.68. The van der Waals surface area contributed by atoms with E-state index in [0.717, 1.165) is 42.4 Å². The van der Waals surface area contributed by atoms with E-state index >= 15 is 0 Å². The first kappa shape index (κ1) is 13.4. The number of aryl methyl sites for hydroxylation is 1. The fraction of sp³-hybridized carbons (Fsp3) is 0.222. The summed E-state index contributed by atoms with van der Waals surface area (Å²) in [6.07, 6.45) is 3.82. The number of carbonyl (C=O) groups excluding carboxylic acids is 1. The topological polar surface area (TPSA) is 50.2 Å². The van der Waals surface area contributed by atoms with Gasteiger partial charge in [0.15, 0.2) is 0 Å². The first-order valence-corrected chi connectivity index (χ1v) is 7.02. The number of hydrogen-bond acceptors (Lipinski definition) is 3. The minimum absolute atomic E-state index is 0.0191. The van der Waals surface area contributed by atoms with Gasteiger partial charge in [-0.05, 0) is 55.0 Å². The van der Waals surface area contributed by atoms with Gasteiger partial charge in [-0.15, -0.1) is 0 Å². The Morgan fingerprint density at radius 1 is 1.24 bits per heavy atom. The first-order valence-electron chi connectivity index (χ1n) is 7.02. The summed E-state index contributed by atoms with van der Waals surface area (Å²) in [4.78, 5) is 15.6. The van der Waals surface area contributed by atoms with Crippen LogP contribution in [-0.4, -0.2) is 16.4 Å². The maximum atomic E-state index is 11.1. The molecule has 0 aliphatic heterocycles. The molecule has 0 saturated heterocycles. The summed E-state index contributed by atoms with van der Waals surface area (Å²) in [5.74, 6) is 6.19. The van der Waals surface area contributed by atoms with Gasteiger partial charge in [-0.25, -0.2) is 4.98 Å². The van der Waals surface area contributed by atoms with E-state index in [-0.39, 0.29) is 11.7 Å². The van der Waals surface area contributed by atoms with Gasteiger partial charge >= 0.3 is 0 Å². The molecule has 0 spiro atoms. The molecule has 0 bridgehead atoms. The molecule has 3 rings (SSSR count). The van der Waals surface area contributed by atoms with Crippen LogP contribution in [0.4, 0.5) is 0 Å². The van der Waals surface area contributed by atoms with Gasteiger partial charge in [-0.1, -0.05) is 18.1 Å². The van der Waals surface area contributed by atoms with Gasteiger partial charge in [0.2, 0.25) is 0 Å². The lowest BCUT2D eigenvalue weighted by molar-refractivity contribution is -0.109. The van der Waals surface area contributed by atoms with Gasteiger partial charge in [0.25, 0.3) is 0 Å². The number of aromatic hydroxyl groups is 1. The quantitative estimate of drug-likeness (QED) is 0.644. The van der Waals surface area contributed by atoms with Crippen molar-refractivity contribution in [1.29, 1.82) is 0 Å². The van der Waals surface area contributed by atoms with Crippen molar-refractivity contribution in [2.45, 2.75) is 25.2 Å². The van der Waals surface area contributed by atoms with Crippen molar-refractivity contribution < 1.29 is 9.90 Å². The van der Waals surface area contributed by atoms with E-state index < -0.39 is 0 Å². The van der Waals surface area contributed by atoms with Gasteiger partial charge in [-0.3, -0.25) is 0 Å². The van der Waals surface area contributed by atoms with Crippen molar-refractivity contribution in [3.05, 3.63) is 58.9 Å². The highest BCUT2D eigenvalue weighted by Crippen LogP contribution is 2.28. The number of carbonyl (C=O) groups is 1. The molecule has 1 aromatic heterocycles. The molecule has 1 aromatic carbocycles. The largest absolute Gasteiger partial charge is 0.508 e. The van der Waals surface area contributed by atoms with Crippen LogP contribution in [0.1, 0.15) is 41.3 Å². The second-order valence-electron chi connectivity index (χ2n) is 5.17. The average molecular weight is 277 g/mol. The normalized spacial score (nSPS) is 16.5. The van der Waals surface area contributed by atoms with Crippen LogP contribution in [0, 0.1) is 11.8 Å². The van der Waals surface area contributed by atoms with Crippen molar-refractivity contribution in [2.75, 3.05) is 0 Å². The second kappa shape index (κ2) is 5.80. The van der Waals surface area contributed by atoms with E-state index in [2.05, 4.69) is 16.8 Å². The minimum atomic E-state index is -0.0191. The Bertz CT molecular complexity index is 740. The van der Waals surface area contributed by atoms with Crippen molar-refractivity contribution in [3.8, 4) is 17.6 Å². The van der Waals surface area contributed by atoms with Gasteiger partial charge in [0.05, 0.1) is 0 Å². The molecule has 1 heterocycles. The lowest BCUT2D eigenvalue weighted by atomic mass is 9.86. The van der Waals surface area contributed by atoms with Crippen LogP contribution in [0.3, 0.4) is 0 Å². The van der Waals surface area contributed by atoms with E-state index in [1.807, 2.05) is 18.2 Å². The number of aldehydes is 1. The van der Waals surface area contributed by atoms with E-state index in [1.165, 1.54) is 0 Å². The van der Waals surface area contributed by atoms with E-state index in [9.17, 15) is 9.90 Å². The lowest BCUT2D eigenvalue weighted by Crippen LogP contribution is -2.12. The van der Waals surface area contributed by atoms with Gasteiger partial charge in [0, 0.05) is 17.2 Å². The van der Waals surface area contributed by atoms with Crippen molar-refractivity contribution >= 4 is 6.29 Å². The van der Waals surface area contributed by atoms with Crippen molar-refractivity contribution in [1.82, 2.24) is 4.98 Å². The zero-order valence-corrected chi connectivity index (χ0v) is 11.5. The molecule has 0 radical (unpaired) electrons. The number of nitrogens with zero attached hydrogens (tertiary/aromatic N) is 1. The van der Waals surface area contributed by atoms with Crippen LogP contribution in [0.25, 0.3) is 0 Å². The zero-order valence-electron chi connectivity index (χ0n) is 11.5. The molecule has 2 aromatic rings. The molecule has 0 amide bonds. The molecule has 0 fully saturated rings. The maximum Gasteiger partial charge on any atom is 0.127 e. The molecular formula is C18H15NO2. The molecular weight excluding hydrogens is 262 g/mol. The highest BCUT2D eigenvalue weighted by atomic mass is 16.3.